The first-order valence-corrected chi connectivity index (χ1v) is 8.98. The third kappa shape index (κ3) is 4.39. The van der Waals surface area contributed by atoms with Crippen LogP contribution < -0.4 is 9.64 Å². The summed E-state index contributed by atoms with van der Waals surface area (Å²) in [4.78, 5) is 27.8. The van der Waals surface area contributed by atoms with Crippen molar-refractivity contribution >= 4 is 17.6 Å². The Morgan fingerprint density at radius 3 is 2.07 bits per heavy atom. The van der Waals surface area contributed by atoms with Crippen LogP contribution in [0.2, 0.25) is 0 Å². The van der Waals surface area contributed by atoms with Crippen molar-refractivity contribution in [2.45, 2.75) is 19.4 Å². The van der Waals surface area contributed by atoms with Crippen molar-refractivity contribution in [1.82, 2.24) is 4.90 Å². The van der Waals surface area contributed by atoms with Crippen molar-refractivity contribution in [3.8, 4) is 5.75 Å². The molecule has 0 saturated carbocycles. The van der Waals surface area contributed by atoms with Gasteiger partial charge in [0.1, 0.15) is 5.75 Å². The minimum Gasteiger partial charge on any atom is -0.478 e. The number of aliphatic carboxylic acids is 1. The standard InChI is InChI=1S/C21H24N2O4/c1-21(2,20(25)26)27-18-10-8-17(9-11-18)22-12-14-23(15-13-22)19(24)16-6-4-3-5-7-16/h3-11H,12-15H2,1-2H3,(H,25,26). The number of hydrogen-bond acceptors (Lipinski definition) is 4. The number of benzene rings is 2. The molecule has 0 unspecified atom stereocenters. The van der Waals surface area contributed by atoms with Gasteiger partial charge < -0.3 is 19.6 Å². The smallest absolute Gasteiger partial charge is 0.347 e. The fraction of sp³-hybridized carbons (Fsp3) is 0.333. The van der Waals surface area contributed by atoms with Crippen LogP contribution in [0.4, 0.5) is 5.69 Å². The zero-order valence-electron chi connectivity index (χ0n) is 15.6. The van der Waals surface area contributed by atoms with Gasteiger partial charge in [-0.25, -0.2) is 4.79 Å². The van der Waals surface area contributed by atoms with E-state index < -0.39 is 11.6 Å². The summed E-state index contributed by atoms with van der Waals surface area (Å²) in [6, 6.07) is 16.7. The van der Waals surface area contributed by atoms with E-state index in [4.69, 9.17) is 9.84 Å². The Kier molecular flexibility index (Phi) is 5.35. The normalized spacial score (nSPS) is 14.7. The van der Waals surface area contributed by atoms with Gasteiger partial charge in [-0.05, 0) is 50.2 Å². The number of nitrogens with zero attached hydrogens (tertiary/aromatic N) is 2. The number of carbonyl (C=O) groups excluding carboxylic acids is 1. The Bertz CT molecular complexity index is 795. The Labute approximate surface area is 159 Å². The molecule has 1 aliphatic heterocycles. The lowest BCUT2D eigenvalue weighted by atomic mass is 10.1. The number of rotatable bonds is 5. The zero-order valence-corrected chi connectivity index (χ0v) is 15.6. The monoisotopic (exact) mass is 368 g/mol. The van der Waals surface area contributed by atoms with Crippen LogP contribution in [-0.4, -0.2) is 53.7 Å². The van der Waals surface area contributed by atoms with Gasteiger partial charge >= 0.3 is 5.97 Å². The molecule has 1 heterocycles. The summed E-state index contributed by atoms with van der Waals surface area (Å²) in [6.07, 6.45) is 0. The van der Waals surface area contributed by atoms with Gasteiger partial charge in [-0.15, -0.1) is 0 Å². The predicted molar refractivity (Wildman–Crippen MR) is 103 cm³/mol. The second kappa shape index (κ2) is 7.70. The molecule has 27 heavy (non-hydrogen) atoms. The molecule has 3 rings (SSSR count). The maximum Gasteiger partial charge on any atom is 0.347 e. The highest BCUT2D eigenvalue weighted by atomic mass is 16.5. The van der Waals surface area contributed by atoms with Gasteiger partial charge in [0.15, 0.2) is 5.60 Å². The summed E-state index contributed by atoms with van der Waals surface area (Å²) < 4.78 is 5.53. The molecule has 0 radical (unpaired) electrons. The van der Waals surface area contributed by atoms with Crippen LogP contribution in [0.3, 0.4) is 0 Å². The molecule has 1 amide bonds. The Morgan fingerprint density at radius 1 is 0.926 bits per heavy atom. The van der Waals surface area contributed by atoms with Gasteiger partial charge in [0, 0.05) is 37.4 Å². The van der Waals surface area contributed by atoms with Crippen molar-refractivity contribution in [3.05, 3.63) is 60.2 Å². The molecule has 0 atom stereocenters. The highest BCUT2D eigenvalue weighted by Gasteiger charge is 2.29. The summed E-state index contributed by atoms with van der Waals surface area (Å²) in [5.41, 5.74) is 0.473. The molecule has 2 aromatic carbocycles. The molecule has 1 fully saturated rings. The van der Waals surface area contributed by atoms with E-state index in [-0.39, 0.29) is 5.91 Å². The number of ether oxygens (including phenoxy) is 1. The van der Waals surface area contributed by atoms with Crippen LogP contribution in [0.25, 0.3) is 0 Å². The minimum absolute atomic E-state index is 0.0647. The van der Waals surface area contributed by atoms with Crippen LogP contribution in [0.15, 0.2) is 54.6 Å². The summed E-state index contributed by atoms with van der Waals surface area (Å²) >= 11 is 0. The van der Waals surface area contributed by atoms with E-state index in [1.54, 1.807) is 12.1 Å². The summed E-state index contributed by atoms with van der Waals surface area (Å²) in [5, 5.41) is 9.15. The van der Waals surface area contributed by atoms with Gasteiger partial charge in [0.2, 0.25) is 0 Å². The molecule has 2 aromatic rings. The molecule has 1 saturated heterocycles. The van der Waals surface area contributed by atoms with Gasteiger partial charge in [0.25, 0.3) is 5.91 Å². The lowest BCUT2D eigenvalue weighted by Crippen LogP contribution is -2.48. The minimum atomic E-state index is -1.27. The second-order valence-electron chi connectivity index (χ2n) is 7.06. The molecule has 0 aliphatic carbocycles. The molecule has 0 bridgehead atoms. The van der Waals surface area contributed by atoms with Crippen LogP contribution >= 0.6 is 0 Å². The van der Waals surface area contributed by atoms with Crippen molar-refractivity contribution in [3.63, 3.8) is 0 Å². The molecule has 0 spiro atoms. The summed E-state index contributed by atoms with van der Waals surface area (Å²) in [7, 11) is 0. The predicted octanol–water partition coefficient (Wildman–Crippen LogP) is 2.89. The van der Waals surface area contributed by atoms with Gasteiger partial charge in [-0.1, -0.05) is 18.2 Å². The molecule has 0 aromatic heterocycles. The van der Waals surface area contributed by atoms with Crippen molar-refractivity contribution < 1.29 is 19.4 Å². The number of hydrogen-bond donors (Lipinski definition) is 1. The molecule has 142 valence electrons. The number of amides is 1. The zero-order chi connectivity index (χ0) is 19.4. The summed E-state index contributed by atoms with van der Waals surface area (Å²) in [5.74, 6) is -0.426. The van der Waals surface area contributed by atoms with E-state index in [2.05, 4.69) is 4.90 Å². The molecule has 6 nitrogen and oxygen atoms in total. The first-order valence-electron chi connectivity index (χ1n) is 8.98. The number of carboxylic acids is 1. The highest BCUT2D eigenvalue weighted by molar-refractivity contribution is 5.94. The van der Waals surface area contributed by atoms with Crippen LogP contribution in [-0.2, 0) is 4.79 Å². The maximum absolute atomic E-state index is 12.5. The molecule has 1 aliphatic rings. The molecule has 6 heteroatoms. The average Bonchev–Trinajstić information content (AvgIpc) is 2.68. The highest BCUT2D eigenvalue weighted by Crippen LogP contribution is 2.24. The first-order chi connectivity index (χ1) is 12.9. The van der Waals surface area contributed by atoms with Crippen molar-refractivity contribution in [1.29, 1.82) is 0 Å². The molecular formula is C21H24N2O4. The van der Waals surface area contributed by atoms with E-state index in [0.29, 0.717) is 24.4 Å². The third-order valence-corrected chi connectivity index (χ3v) is 4.68. The van der Waals surface area contributed by atoms with Gasteiger partial charge in [-0.3, -0.25) is 4.79 Å². The largest absolute Gasteiger partial charge is 0.478 e. The third-order valence-electron chi connectivity index (χ3n) is 4.68. The number of anilines is 1. The average molecular weight is 368 g/mol. The Hall–Kier alpha value is -3.02. The van der Waals surface area contributed by atoms with E-state index in [1.165, 1.54) is 13.8 Å². The second-order valence-corrected chi connectivity index (χ2v) is 7.06. The van der Waals surface area contributed by atoms with E-state index >= 15 is 0 Å². The van der Waals surface area contributed by atoms with E-state index in [0.717, 1.165) is 18.8 Å². The topological polar surface area (TPSA) is 70.1 Å². The molecular weight excluding hydrogens is 344 g/mol. The van der Waals surface area contributed by atoms with Crippen LogP contribution in [0.5, 0.6) is 5.75 Å². The van der Waals surface area contributed by atoms with Gasteiger partial charge in [0.05, 0.1) is 0 Å². The van der Waals surface area contributed by atoms with Gasteiger partial charge in [-0.2, -0.15) is 0 Å². The number of piperazine rings is 1. The van der Waals surface area contributed by atoms with Crippen LogP contribution in [0, 0.1) is 0 Å². The van der Waals surface area contributed by atoms with Crippen molar-refractivity contribution in [2.24, 2.45) is 0 Å². The SMILES string of the molecule is CC(C)(Oc1ccc(N2CCN(C(=O)c3ccccc3)CC2)cc1)C(=O)O. The van der Waals surface area contributed by atoms with E-state index in [1.807, 2.05) is 47.4 Å². The molecule has 1 N–H and O–H groups in total. The quantitative estimate of drug-likeness (QED) is 0.879. The maximum atomic E-state index is 12.5. The first kappa shape index (κ1) is 18.8. The lowest BCUT2D eigenvalue weighted by molar-refractivity contribution is -0.152. The fourth-order valence-electron chi connectivity index (χ4n) is 2.99. The van der Waals surface area contributed by atoms with E-state index in [9.17, 15) is 9.59 Å². The fourth-order valence-corrected chi connectivity index (χ4v) is 2.99. The Balaban J connectivity index is 1.58. The summed E-state index contributed by atoms with van der Waals surface area (Å²) in [6.45, 7) is 5.87. The number of carboxylic acid groups (broad SMARTS) is 1. The van der Waals surface area contributed by atoms with Crippen LogP contribution in [0.1, 0.15) is 24.2 Å². The Morgan fingerprint density at radius 2 is 1.52 bits per heavy atom. The lowest BCUT2D eigenvalue weighted by Gasteiger charge is -2.36. The van der Waals surface area contributed by atoms with Crippen molar-refractivity contribution in [2.75, 3.05) is 31.1 Å². The number of carbonyl (C=O) groups is 2.